The number of hydrogen-bond donors (Lipinski definition) is 0. The van der Waals surface area contributed by atoms with Crippen LogP contribution in [-0.2, 0) is 5.88 Å². The van der Waals surface area contributed by atoms with Gasteiger partial charge in [0.05, 0.1) is 0 Å². The number of rotatable bonds is 2. The quantitative estimate of drug-likeness (QED) is 0.764. The van der Waals surface area contributed by atoms with Gasteiger partial charge in [0, 0.05) is 36.7 Å². The number of nitrogens with zero attached hydrogens (tertiary/aromatic N) is 2. The number of halogens is 1. The molecule has 104 valence electrons. The molecule has 0 N–H and O–H groups in total. The summed E-state index contributed by atoms with van der Waals surface area (Å²) in [6.45, 7) is 6.04. The first-order chi connectivity index (χ1) is 9.28. The van der Waals surface area contributed by atoms with Gasteiger partial charge in [0.15, 0.2) is 0 Å². The highest BCUT2D eigenvalue weighted by Gasteiger charge is 2.32. The van der Waals surface area contributed by atoms with E-state index in [9.17, 15) is 0 Å². The number of alkyl halides is 1. The van der Waals surface area contributed by atoms with E-state index < -0.39 is 0 Å². The molecule has 0 bridgehead atoms. The summed E-state index contributed by atoms with van der Waals surface area (Å²) in [5, 5.41) is 0. The maximum absolute atomic E-state index is 5.86. The fraction of sp³-hybridized carbons (Fsp3) is 0.625. The molecule has 2 saturated heterocycles. The fourth-order valence-corrected chi connectivity index (χ4v) is 3.67. The molecule has 2 atom stereocenters. The second kappa shape index (κ2) is 5.72. The smallest absolute Gasteiger partial charge is 0.0474 e. The van der Waals surface area contributed by atoms with E-state index in [2.05, 4.69) is 41.0 Å². The Bertz CT molecular complexity index is 417. The summed E-state index contributed by atoms with van der Waals surface area (Å²) >= 11 is 5.86. The van der Waals surface area contributed by atoms with Gasteiger partial charge in [-0.2, -0.15) is 0 Å². The Morgan fingerprint density at radius 2 is 1.95 bits per heavy atom. The number of anilines is 1. The Kier molecular flexibility index (Phi) is 3.99. The average molecular weight is 279 g/mol. The molecule has 2 fully saturated rings. The molecule has 2 aliphatic rings. The van der Waals surface area contributed by atoms with Crippen molar-refractivity contribution in [3.8, 4) is 0 Å². The maximum atomic E-state index is 5.86. The van der Waals surface area contributed by atoms with Crippen molar-refractivity contribution in [1.29, 1.82) is 0 Å². The molecule has 0 amide bonds. The monoisotopic (exact) mass is 278 g/mol. The van der Waals surface area contributed by atoms with Crippen LogP contribution >= 0.6 is 11.6 Å². The second-order valence-corrected chi connectivity index (χ2v) is 6.21. The van der Waals surface area contributed by atoms with Gasteiger partial charge < -0.3 is 4.90 Å². The lowest BCUT2D eigenvalue weighted by atomic mass is 9.96. The molecule has 2 unspecified atom stereocenters. The van der Waals surface area contributed by atoms with E-state index in [4.69, 9.17) is 11.6 Å². The molecule has 2 nitrogen and oxygen atoms in total. The Hall–Kier alpha value is -0.730. The summed E-state index contributed by atoms with van der Waals surface area (Å²) in [5.41, 5.74) is 2.56. The predicted octanol–water partition coefficient (Wildman–Crippen LogP) is 3.49. The first-order valence-electron chi connectivity index (χ1n) is 7.43. The molecule has 0 aliphatic carbocycles. The summed E-state index contributed by atoms with van der Waals surface area (Å²) in [5.74, 6) is 0.603. The van der Waals surface area contributed by atoms with Crippen LogP contribution in [0.4, 0.5) is 5.69 Å². The number of hydrogen-bond acceptors (Lipinski definition) is 2. The van der Waals surface area contributed by atoms with Gasteiger partial charge in [0.2, 0.25) is 0 Å². The van der Waals surface area contributed by atoms with Crippen LogP contribution in [0.5, 0.6) is 0 Å². The molecule has 0 saturated carbocycles. The van der Waals surface area contributed by atoms with Crippen LogP contribution in [0, 0.1) is 0 Å². The Labute approximate surface area is 121 Å². The van der Waals surface area contributed by atoms with E-state index in [0.717, 1.165) is 6.04 Å². The number of piperazine rings is 1. The molecular formula is C16H23ClN2. The summed E-state index contributed by atoms with van der Waals surface area (Å²) in [6.07, 6.45) is 4.14. The van der Waals surface area contributed by atoms with Crippen molar-refractivity contribution < 1.29 is 0 Å². The van der Waals surface area contributed by atoms with Crippen LogP contribution < -0.4 is 4.90 Å². The van der Waals surface area contributed by atoms with E-state index in [1.807, 2.05) is 0 Å². The van der Waals surface area contributed by atoms with Gasteiger partial charge in [-0.3, -0.25) is 4.90 Å². The van der Waals surface area contributed by atoms with E-state index >= 15 is 0 Å². The number of benzene rings is 1. The van der Waals surface area contributed by atoms with Crippen molar-refractivity contribution in [3.63, 3.8) is 0 Å². The van der Waals surface area contributed by atoms with Gasteiger partial charge in [-0.25, -0.2) is 0 Å². The topological polar surface area (TPSA) is 6.48 Å². The molecule has 2 heterocycles. The molecule has 0 aromatic heterocycles. The van der Waals surface area contributed by atoms with Crippen LogP contribution in [0.3, 0.4) is 0 Å². The van der Waals surface area contributed by atoms with Crippen LogP contribution in [-0.4, -0.2) is 36.6 Å². The Morgan fingerprint density at radius 1 is 1.16 bits per heavy atom. The lowest BCUT2D eigenvalue weighted by molar-refractivity contribution is 0.115. The molecule has 19 heavy (non-hydrogen) atoms. The van der Waals surface area contributed by atoms with E-state index in [0.29, 0.717) is 11.9 Å². The highest BCUT2D eigenvalue weighted by atomic mass is 35.5. The summed E-state index contributed by atoms with van der Waals surface area (Å²) in [6, 6.07) is 10.1. The fourth-order valence-electron chi connectivity index (χ4n) is 3.49. The third kappa shape index (κ3) is 2.75. The van der Waals surface area contributed by atoms with Crippen molar-refractivity contribution in [1.82, 2.24) is 4.90 Å². The largest absolute Gasteiger partial charge is 0.366 e. The van der Waals surface area contributed by atoms with E-state index in [1.165, 1.54) is 50.1 Å². The zero-order valence-electron chi connectivity index (χ0n) is 11.7. The predicted molar refractivity (Wildman–Crippen MR) is 82.0 cm³/mol. The highest BCUT2D eigenvalue weighted by Crippen LogP contribution is 2.28. The third-order valence-corrected chi connectivity index (χ3v) is 4.92. The van der Waals surface area contributed by atoms with Crippen LogP contribution in [0.1, 0.15) is 31.7 Å². The van der Waals surface area contributed by atoms with Crippen LogP contribution in [0.25, 0.3) is 0 Å². The second-order valence-electron chi connectivity index (χ2n) is 5.95. The molecule has 1 aromatic carbocycles. The van der Waals surface area contributed by atoms with Crippen LogP contribution in [0.2, 0.25) is 0 Å². The zero-order chi connectivity index (χ0) is 13.2. The van der Waals surface area contributed by atoms with E-state index in [-0.39, 0.29) is 0 Å². The summed E-state index contributed by atoms with van der Waals surface area (Å²) < 4.78 is 0. The molecule has 3 rings (SSSR count). The SMILES string of the molecule is CC1CN2CCCCC2CN1c1ccc(CCl)cc1. The van der Waals surface area contributed by atoms with Crippen molar-refractivity contribution in [2.45, 2.75) is 44.1 Å². The Morgan fingerprint density at radius 3 is 2.68 bits per heavy atom. The lowest BCUT2D eigenvalue weighted by Crippen LogP contribution is -2.58. The normalized spacial score (nSPS) is 28.2. The van der Waals surface area contributed by atoms with Gasteiger partial charge >= 0.3 is 0 Å². The lowest BCUT2D eigenvalue weighted by Gasteiger charge is -2.48. The number of piperidine rings is 1. The van der Waals surface area contributed by atoms with Crippen LogP contribution in [0.15, 0.2) is 24.3 Å². The standard InChI is InChI=1S/C16H23ClN2/c1-13-11-18-9-3-2-4-16(18)12-19(13)15-7-5-14(10-17)6-8-15/h5-8,13,16H,2-4,9-12H2,1H3. The highest BCUT2D eigenvalue weighted by molar-refractivity contribution is 6.17. The molecule has 0 radical (unpaired) electrons. The van der Waals surface area contributed by atoms with Crippen molar-refractivity contribution in [3.05, 3.63) is 29.8 Å². The minimum Gasteiger partial charge on any atom is -0.366 e. The van der Waals surface area contributed by atoms with Gasteiger partial charge in [-0.15, -0.1) is 11.6 Å². The van der Waals surface area contributed by atoms with Crippen molar-refractivity contribution in [2.24, 2.45) is 0 Å². The zero-order valence-corrected chi connectivity index (χ0v) is 12.4. The molecule has 3 heteroatoms. The molecule has 2 aliphatic heterocycles. The van der Waals surface area contributed by atoms with Crippen molar-refractivity contribution in [2.75, 3.05) is 24.5 Å². The van der Waals surface area contributed by atoms with Crippen molar-refractivity contribution >= 4 is 17.3 Å². The van der Waals surface area contributed by atoms with E-state index in [1.54, 1.807) is 0 Å². The molecular weight excluding hydrogens is 256 g/mol. The average Bonchev–Trinajstić information content (AvgIpc) is 2.47. The summed E-state index contributed by atoms with van der Waals surface area (Å²) in [7, 11) is 0. The maximum Gasteiger partial charge on any atom is 0.0474 e. The van der Waals surface area contributed by atoms with Gasteiger partial charge in [-0.1, -0.05) is 18.6 Å². The molecule has 1 aromatic rings. The first kappa shape index (κ1) is 13.3. The van der Waals surface area contributed by atoms with Gasteiger partial charge in [0.1, 0.15) is 0 Å². The first-order valence-corrected chi connectivity index (χ1v) is 7.97. The van der Waals surface area contributed by atoms with Gasteiger partial charge in [0.25, 0.3) is 0 Å². The third-order valence-electron chi connectivity index (χ3n) is 4.61. The number of fused-ring (bicyclic) bond motifs is 1. The molecule has 0 spiro atoms. The van der Waals surface area contributed by atoms with Gasteiger partial charge in [-0.05, 0) is 44.0 Å². The minimum absolute atomic E-state index is 0.603. The minimum atomic E-state index is 0.603. The Balaban J connectivity index is 1.75. The summed E-state index contributed by atoms with van der Waals surface area (Å²) in [4.78, 5) is 5.27.